The van der Waals surface area contributed by atoms with Gasteiger partial charge in [-0.05, 0) is 6.07 Å². The van der Waals surface area contributed by atoms with Crippen molar-refractivity contribution >= 4 is 5.97 Å². The van der Waals surface area contributed by atoms with Gasteiger partial charge < -0.3 is 9.94 Å². The summed E-state index contributed by atoms with van der Waals surface area (Å²) in [6, 6.07) is 2.83. The maximum Gasteiger partial charge on any atom is 0.362 e. The molecule has 0 atom stereocenters. The van der Waals surface area contributed by atoms with Crippen molar-refractivity contribution < 1.29 is 14.4 Å². The molecule has 11 heavy (non-hydrogen) atoms. The standard InChI is InChI=1S/C6H6N2O3/c1-11-6(9)5-3-2-4-8(10)7-5/h2-4H,1H3. The maximum absolute atomic E-state index is 10.7. The van der Waals surface area contributed by atoms with Crippen molar-refractivity contribution in [3.8, 4) is 0 Å². The van der Waals surface area contributed by atoms with Crippen LogP contribution in [-0.4, -0.2) is 18.2 Å². The number of hydrogen-bond acceptors (Lipinski definition) is 4. The van der Waals surface area contributed by atoms with Crippen LogP contribution in [0.15, 0.2) is 18.3 Å². The topological polar surface area (TPSA) is 66.1 Å². The van der Waals surface area contributed by atoms with Crippen LogP contribution in [0.25, 0.3) is 0 Å². The summed E-state index contributed by atoms with van der Waals surface area (Å²) in [5, 5.41) is 13.8. The molecule has 0 spiro atoms. The third-order valence-electron chi connectivity index (χ3n) is 1.07. The molecule has 0 N–H and O–H groups in total. The SMILES string of the molecule is COC(=O)c1ccc[n+]([O-])n1. The van der Waals surface area contributed by atoms with Crippen molar-refractivity contribution in [3.05, 3.63) is 29.2 Å². The zero-order valence-electron chi connectivity index (χ0n) is 5.85. The summed E-state index contributed by atoms with van der Waals surface area (Å²) in [5.74, 6) is -0.616. The minimum atomic E-state index is -0.616. The number of hydrogen-bond donors (Lipinski definition) is 0. The predicted molar refractivity (Wildman–Crippen MR) is 34.5 cm³/mol. The third kappa shape index (κ3) is 1.64. The number of esters is 1. The Bertz CT molecular complexity index is 274. The molecule has 0 amide bonds. The first-order chi connectivity index (χ1) is 5.24. The Kier molecular flexibility index (Phi) is 2.00. The largest absolute Gasteiger partial charge is 0.594 e. The average molecular weight is 154 g/mol. The van der Waals surface area contributed by atoms with E-state index in [-0.39, 0.29) is 5.69 Å². The van der Waals surface area contributed by atoms with E-state index >= 15 is 0 Å². The fourth-order valence-electron chi connectivity index (χ4n) is 0.594. The second kappa shape index (κ2) is 2.96. The van der Waals surface area contributed by atoms with E-state index in [0.717, 1.165) is 0 Å². The highest BCUT2D eigenvalue weighted by atomic mass is 16.5. The normalized spacial score (nSPS) is 9.18. The van der Waals surface area contributed by atoms with E-state index in [9.17, 15) is 10.0 Å². The van der Waals surface area contributed by atoms with E-state index < -0.39 is 5.97 Å². The smallest absolute Gasteiger partial charge is 0.362 e. The zero-order valence-corrected chi connectivity index (χ0v) is 5.85. The molecule has 0 saturated heterocycles. The van der Waals surface area contributed by atoms with Crippen molar-refractivity contribution in [3.63, 3.8) is 0 Å². The average Bonchev–Trinajstić information content (AvgIpc) is 2.03. The summed E-state index contributed by atoms with van der Waals surface area (Å²) >= 11 is 0. The van der Waals surface area contributed by atoms with E-state index in [0.29, 0.717) is 4.85 Å². The fraction of sp³-hybridized carbons (Fsp3) is 0.167. The van der Waals surface area contributed by atoms with E-state index in [1.807, 2.05) is 0 Å². The Balaban J connectivity index is 2.96. The lowest BCUT2D eigenvalue weighted by atomic mass is 10.4. The van der Waals surface area contributed by atoms with Crippen LogP contribution in [-0.2, 0) is 4.74 Å². The van der Waals surface area contributed by atoms with E-state index in [4.69, 9.17) is 0 Å². The van der Waals surface area contributed by atoms with Crippen LogP contribution in [0.1, 0.15) is 10.5 Å². The molecule has 5 heteroatoms. The Hall–Kier alpha value is -1.65. The maximum atomic E-state index is 10.7. The molecule has 0 aliphatic rings. The number of carbonyl (C=O) groups excluding carboxylic acids is 1. The summed E-state index contributed by atoms with van der Waals surface area (Å²) in [4.78, 5) is 11.0. The highest BCUT2D eigenvalue weighted by Gasteiger charge is 2.09. The number of nitrogens with zero attached hydrogens (tertiary/aromatic N) is 2. The number of carbonyl (C=O) groups is 1. The molecule has 58 valence electrons. The molecule has 1 heterocycles. The van der Waals surface area contributed by atoms with Crippen LogP contribution in [0.4, 0.5) is 0 Å². The molecule has 0 aliphatic heterocycles. The van der Waals surface area contributed by atoms with E-state index in [1.165, 1.54) is 25.4 Å². The van der Waals surface area contributed by atoms with Crippen LogP contribution in [0.2, 0.25) is 0 Å². The minimum Gasteiger partial charge on any atom is -0.594 e. The monoisotopic (exact) mass is 154 g/mol. The van der Waals surface area contributed by atoms with Gasteiger partial charge >= 0.3 is 5.97 Å². The number of methoxy groups -OCH3 is 1. The van der Waals surface area contributed by atoms with Crippen LogP contribution in [0.5, 0.6) is 0 Å². The Morgan fingerprint density at radius 3 is 3.09 bits per heavy atom. The molecule has 0 radical (unpaired) electrons. The van der Waals surface area contributed by atoms with Gasteiger partial charge in [-0.2, -0.15) is 0 Å². The molecule has 5 nitrogen and oxygen atoms in total. The molecule has 1 rings (SSSR count). The van der Waals surface area contributed by atoms with Gasteiger partial charge in [-0.1, -0.05) is 4.85 Å². The van der Waals surface area contributed by atoms with Gasteiger partial charge in [-0.25, -0.2) is 4.79 Å². The van der Waals surface area contributed by atoms with Crippen LogP contribution in [0.3, 0.4) is 0 Å². The van der Waals surface area contributed by atoms with Crippen LogP contribution < -0.4 is 4.85 Å². The van der Waals surface area contributed by atoms with Gasteiger partial charge in [-0.3, -0.25) is 0 Å². The summed E-state index contributed by atoms with van der Waals surface area (Å²) in [6.45, 7) is 0. The first-order valence-electron chi connectivity index (χ1n) is 2.89. The van der Waals surface area contributed by atoms with Crippen molar-refractivity contribution in [2.24, 2.45) is 0 Å². The summed E-state index contributed by atoms with van der Waals surface area (Å²) in [6.07, 6.45) is 1.19. The molecule has 1 aromatic heterocycles. The van der Waals surface area contributed by atoms with Crippen LogP contribution >= 0.6 is 0 Å². The highest BCUT2D eigenvalue weighted by Crippen LogP contribution is 1.91. The predicted octanol–water partition coefficient (Wildman–Crippen LogP) is -0.498. The van der Waals surface area contributed by atoms with Crippen molar-refractivity contribution in [1.29, 1.82) is 0 Å². The highest BCUT2D eigenvalue weighted by molar-refractivity contribution is 5.86. The summed E-state index contributed by atoms with van der Waals surface area (Å²) in [7, 11) is 1.23. The molecule has 0 fully saturated rings. The van der Waals surface area contributed by atoms with Gasteiger partial charge in [0.15, 0.2) is 0 Å². The second-order valence-corrected chi connectivity index (χ2v) is 1.79. The van der Waals surface area contributed by atoms with Gasteiger partial charge in [0.25, 0.3) is 0 Å². The Morgan fingerprint density at radius 2 is 2.55 bits per heavy atom. The van der Waals surface area contributed by atoms with Gasteiger partial charge in [0.1, 0.15) is 0 Å². The van der Waals surface area contributed by atoms with Gasteiger partial charge in [0.2, 0.25) is 11.9 Å². The lowest BCUT2D eigenvalue weighted by molar-refractivity contribution is -0.669. The molecule has 1 aromatic rings. The zero-order chi connectivity index (χ0) is 8.27. The molecular weight excluding hydrogens is 148 g/mol. The van der Waals surface area contributed by atoms with Crippen LogP contribution in [0, 0.1) is 5.21 Å². The van der Waals surface area contributed by atoms with E-state index in [1.54, 1.807) is 0 Å². The molecule has 0 aliphatic carbocycles. The van der Waals surface area contributed by atoms with Crippen molar-refractivity contribution in [2.75, 3.05) is 7.11 Å². The Labute approximate surface area is 62.8 Å². The van der Waals surface area contributed by atoms with Gasteiger partial charge in [0.05, 0.1) is 7.11 Å². The molecule has 0 bridgehead atoms. The van der Waals surface area contributed by atoms with E-state index in [2.05, 4.69) is 9.84 Å². The fourth-order valence-corrected chi connectivity index (χ4v) is 0.594. The molecule has 0 aromatic carbocycles. The van der Waals surface area contributed by atoms with Gasteiger partial charge in [0, 0.05) is 11.2 Å². The number of rotatable bonds is 1. The van der Waals surface area contributed by atoms with Crippen molar-refractivity contribution in [1.82, 2.24) is 5.10 Å². The third-order valence-corrected chi connectivity index (χ3v) is 1.07. The first kappa shape index (κ1) is 7.46. The van der Waals surface area contributed by atoms with Crippen molar-refractivity contribution in [2.45, 2.75) is 0 Å². The first-order valence-corrected chi connectivity index (χ1v) is 2.89. The minimum absolute atomic E-state index is 0.00463. The number of aromatic nitrogens is 2. The molecular formula is C6H6N2O3. The lowest BCUT2D eigenvalue weighted by Crippen LogP contribution is -2.32. The Morgan fingerprint density at radius 1 is 1.82 bits per heavy atom. The molecule has 0 unspecified atom stereocenters. The molecule has 0 saturated carbocycles. The quantitative estimate of drug-likeness (QED) is 0.311. The van der Waals surface area contributed by atoms with Gasteiger partial charge in [-0.15, -0.1) is 0 Å². The summed E-state index contributed by atoms with van der Waals surface area (Å²) in [5.41, 5.74) is 0.00463. The lowest BCUT2D eigenvalue weighted by Gasteiger charge is -1.95. The summed E-state index contributed by atoms with van der Waals surface area (Å²) < 4.78 is 4.34. The number of ether oxygens (including phenoxy) is 1. The second-order valence-electron chi connectivity index (χ2n) is 1.79.